The van der Waals surface area contributed by atoms with Crippen molar-refractivity contribution in [3.05, 3.63) is 42.5 Å². The Morgan fingerprint density at radius 2 is 1.74 bits per heavy atom. The van der Waals surface area contributed by atoms with Crippen LogP contribution in [0.3, 0.4) is 0 Å². The van der Waals surface area contributed by atoms with Gasteiger partial charge in [-0.3, -0.25) is 0 Å². The van der Waals surface area contributed by atoms with E-state index in [4.69, 9.17) is 11.6 Å². The van der Waals surface area contributed by atoms with Crippen LogP contribution in [0.25, 0.3) is 11.4 Å². The van der Waals surface area contributed by atoms with Crippen LogP contribution >= 0.6 is 59.4 Å². The Labute approximate surface area is 142 Å². The van der Waals surface area contributed by atoms with E-state index in [-0.39, 0.29) is 5.92 Å². The Balaban J connectivity index is 2.59. The minimum Gasteiger partial charge on any atom is -0.232 e. The number of hydrogen-bond donors (Lipinski definition) is 0. The Kier molecular flexibility index (Phi) is 5.04. The number of halogens is 4. The Bertz CT molecular complexity index is 630. The highest BCUT2D eigenvalue weighted by Crippen LogP contribution is 2.33. The fraction of sp³-hybridized carbons (Fsp3) is 0.231. The van der Waals surface area contributed by atoms with E-state index in [1.165, 1.54) is 0 Å². The standard InChI is InChI=1S/C13H10Br3ClN2/c1-6(2)11-10(16)12(17)19-13(18-11)7-3-4-8(14)9(15)5-7/h3-6H,1-2H3. The summed E-state index contributed by atoms with van der Waals surface area (Å²) >= 11 is 16.5. The van der Waals surface area contributed by atoms with E-state index in [1.807, 2.05) is 18.2 Å². The summed E-state index contributed by atoms with van der Waals surface area (Å²) < 4.78 is 2.71. The van der Waals surface area contributed by atoms with Crippen molar-refractivity contribution in [1.82, 2.24) is 9.97 Å². The lowest BCUT2D eigenvalue weighted by Crippen LogP contribution is -2.00. The van der Waals surface area contributed by atoms with Gasteiger partial charge in [0.2, 0.25) is 0 Å². The first-order chi connectivity index (χ1) is 8.90. The first-order valence-corrected chi connectivity index (χ1v) is 8.34. The second-order valence-electron chi connectivity index (χ2n) is 4.32. The monoisotopic (exact) mass is 466 g/mol. The van der Waals surface area contributed by atoms with E-state index < -0.39 is 0 Å². The lowest BCUT2D eigenvalue weighted by molar-refractivity contribution is 0.809. The lowest BCUT2D eigenvalue weighted by Gasteiger charge is -2.11. The summed E-state index contributed by atoms with van der Waals surface area (Å²) in [6, 6.07) is 5.88. The Hall–Kier alpha value is 0.0300. The molecule has 2 rings (SSSR count). The highest BCUT2D eigenvalue weighted by Gasteiger charge is 2.15. The number of benzene rings is 1. The van der Waals surface area contributed by atoms with Gasteiger partial charge >= 0.3 is 0 Å². The average molecular weight is 469 g/mol. The highest BCUT2D eigenvalue weighted by molar-refractivity contribution is 9.13. The third kappa shape index (κ3) is 3.38. The maximum atomic E-state index is 6.17. The number of rotatable bonds is 2. The van der Waals surface area contributed by atoms with Crippen LogP contribution in [0.5, 0.6) is 0 Å². The second kappa shape index (κ2) is 6.20. The van der Waals surface area contributed by atoms with Crippen molar-refractivity contribution >= 4 is 59.4 Å². The van der Waals surface area contributed by atoms with Gasteiger partial charge in [-0.1, -0.05) is 25.4 Å². The fourth-order valence-electron chi connectivity index (χ4n) is 1.58. The second-order valence-corrected chi connectivity index (χ2v) is 7.18. The summed E-state index contributed by atoms with van der Waals surface area (Å²) in [6.07, 6.45) is 0. The largest absolute Gasteiger partial charge is 0.232 e. The molecule has 0 saturated carbocycles. The molecule has 0 aliphatic rings. The van der Waals surface area contributed by atoms with Crippen molar-refractivity contribution in [3.8, 4) is 11.4 Å². The maximum absolute atomic E-state index is 6.17. The molecule has 100 valence electrons. The zero-order chi connectivity index (χ0) is 14.2. The molecule has 19 heavy (non-hydrogen) atoms. The van der Waals surface area contributed by atoms with E-state index in [1.54, 1.807) is 0 Å². The molecule has 0 aliphatic carbocycles. The van der Waals surface area contributed by atoms with Crippen molar-refractivity contribution in [3.63, 3.8) is 0 Å². The molecule has 0 radical (unpaired) electrons. The average Bonchev–Trinajstić information content (AvgIpc) is 2.35. The first-order valence-electron chi connectivity index (χ1n) is 5.58. The molecular formula is C13H10Br3ClN2. The molecule has 0 saturated heterocycles. The van der Waals surface area contributed by atoms with Crippen molar-refractivity contribution in [2.45, 2.75) is 19.8 Å². The minimum atomic E-state index is 0.271. The predicted octanol–water partition coefficient (Wildman–Crippen LogP) is 6.21. The molecule has 0 bridgehead atoms. The highest BCUT2D eigenvalue weighted by atomic mass is 79.9. The molecule has 0 atom stereocenters. The molecule has 0 amide bonds. The van der Waals surface area contributed by atoms with Crippen molar-refractivity contribution in [1.29, 1.82) is 0 Å². The van der Waals surface area contributed by atoms with Crippen LogP contribution in [-0.4, -0.2) is 9.97 Å². The van der Waals surface area contributed by atoms with Gasteiger partial charge in [0.1, 0.15) is 5.15 Å². The molecule has 2 aromatic rings. The van der Waals surface area contributed by atoms with Crippen molar-refractivity contribution in [2.24, 2.45) is 0 Å². The number of aromatic nitrogens is 2. The van der Waals surface area contributed by atoms with E-state index in [0.29, 0.717) is 11.0 Å². The van der Waals surface area contributed by atoms with Gasteiger partial charge in [0.05, 0.1) is 10.2 Å². The van der Waals surface area contributed by atoms with Crippen LogP contribution < -0.4 is 0 Å². The van der Waals surface area contributed by atoms with Crippen LogP contribution in [0.15, 0.2) is 31.6 Å². The molecule has 0 spiro atoms. The van der Waals surface area contributed by atoms with Crippen LogP contribution in [-0.2, 0) is 0 Å². The summed E-state index contributed by atoms with van der Waals surface area (Å²) in [5, 5.41) is 0.438. The third-order valence-corrected chi connectivity index (χ3v) is 5.72. The first kappa shape index (κ1) is 15.4. The van der Waals surface area contributed by atoms with Gasteiger partial charge in [0, 0.05) is 14.5 Å². The van der Waals surface area contributed by atoms with Gasteiger partial charge in [-0.05, 0) is 71.9 Å². The smallest absolute Gasteiger partial charge is 0.161 e. The molecule has 2 nitrogen and oxygen atoms in total. The third-order valence-electron chi connectivity index (χ3n) is 2.56. The molecule has 1 aromatic heterocycles. The molecular weight excluding hydrogens is 459 g/mol. The van der Waals surface area contributed by atoms with Gasteiger partial charge in [-0.2, -0.15) is 0 Å². The summed E-state index contributed by atoms with van der Waals surface area (Å²) in [5.41, 5.74) is 1.83. The van der Waals surface area contributed by atoms with E-state index in [9.17, 15) is 0 Å². The van der Waals surface area contributed by atoms with E-state index in [0.717, 1.165) is 24.7 Å². The van der Waals surface area contributed by atoms with E-state index in [2.05, 4.69) is 71.6 Å². The summed E-state index contributed by atoms with van der Waals surface area (Å²) in [7, 11) is 0. The molecule has 0 N–H and O–H groups in total. The summed E-state index contributed by atoms with van der Waals surface area (Å²) in [6.45, 7) is 4.15. The molecule has 6 heteroatoms. The van der Waals surface area contributed by atoms with Gasteiger partial charge < -0.3 is 0 Å². The van der Waals surface area contributed by atoms with Crippen molar-refractivity contribution in [2.75, 3.05) is 0 Å². The molecule has 0 fully saturated rings. The van der Waals surface area contributed by atoms with Gasteiger partial charge in [-0.15, -0.1) is 0 Å². The Morgan fingerprint density at radius 3 is 2.32 bits per heavy atom. The Morgan fingerprint density at radius 1 is 1.05 bits per heavy atom. The van der Waals surface area contributed by atoms with Crippen LogP contribution in [0.1, 0.15) is 25.5 Å². The number of nitrogens with zero attached hydrogens (tertiary/aromatic N) is 2. The van der Waals surface area contributed by atoms with Crippen molar-refractivity contribution < 1.29 is 0 Å². The fourth-order valence-corrected chi connectivity index (χ4v) is 3.02. The van der Waals surface area contributed by atoms with Crippen LogP contribution in [0.2, 0.25) is 5.15 Å². The summed E-state index contributed by atoms with van der Waals surface area (Å²) in [5.74, 6) is 0.901. The van der Waals surface area contributed by atoms with Gasteiger partial charge in [0.25, 0.3) is 0 Å². The maximum Gasteiger partial charge on any atom is 0.161 e. The van der Waals surface area contributed by atoms with Crippen LogP contribution in [0.4, 0.5) is 0 Å². The summed E-state index contributed by atoms with van der Waals surface area (Å²) in [4.78, 5) is 8.92. The normalized spacial score (nSPS) is 11.1. The SMILES string of the molecule is CC(C)c1nc(-c2ccc(Br)c(Br)c2)nc(Cl)c1Br. The molecule has 1 heterocycles. The zero-order valence-corrected chi connectivity index (χ0v) is 15.7. The quantitative estimate of drug-likeness (QED) is 0.489. The van der Waals surface area contributed by atoms with E-state index >= 15 is 0 Å². The topological polar surface area (TPSA) is 25.8 Å². The number of hydrogen-bond acceptors (Lipinski definition) is 2. The van der Waals surface area contributed by atoms with Gasteiger partial charge in [-0.25, -0.2) is 9.97 Å². The predicted molar refractivity (Wildman–Crippen MR) is 89.7 cm³/mol. The minimum absolute atomic E-state index is 0.271. The van der Waals surface area contributed by atoms with Crippen LogP contribution in [0, 0.1) is 0 Å². The zero-order valence-electron chi connectivity index (χ0n) is 10.2. The molecule has 0 aliphatic heterocycles. The molecule has 1 aromatic carbocycles. The molecule has 0 unspecified atom stereocenters. The lowest BCUT2D eigenvalue weighted by atomic mass is 10.1. The van der Waals surface area contributed by atoms with Gasteiger partial charge in [0.15, 0.2) is 5.82 Å².